The molecule has 0 atom stereocenters. The van der Waals surface area contributed by atoms with Gasteiger partial charge in [-0.3, -0.25) is 4.72 Å². The summed E-state index contributed by atoms with van der Waals surface area (Å²) in [6, 6.07) is 1.24. The van der Waals surface area contributed by atoms with Crippen LogP contribution in [0.25, 0.3) is 0 Å². The summed E-state index contributed by atoms with van der Waals surface area (Å²) in [6.45, 7) is 3.09. The number of aromatic nitrogens is 1. The largest absolute Gasteiger partial charge is 0.506 e. The molecule has 0 saturated heterocycles. The van der Waals surface area contributed by atoms with Crippen LogP contribution in [-0.2, 0) is 10.0 Å². The zero-order chi connectivity index (χ0) is 12.3. The van der Waals surface area contributed by atoms with Gasteiger partial charge >= 0.3 is 0 Å². The van der Waals surface area contributed by atoms with Gasteiger partial charge in [0.05, 0.1) is 18.6 Å². The second-order valence-corrected chi connectivity index (χ2v) is 5.68. The Balaban J connectivity index is 3.10. The van der Waals surface area contributed by atoms with Gasteiger partial charge in [-0.15, -0.1) is 0 Å². The fourth-order valence-corrected chi connectivity index (χ4v) is 1.64. The van der Waals surface area contributed by atoms with Gasteiger partial charge in [0, 0.05) is 6.07 Å². The van der Waals surface area contributed by atoms with Crippen LogP contribution in [-0.4, -0.2) is 30.9 Å². The van der Waals surface area contributed by atoms with Crippen molar-refractivity contribution in [1.29, 1.82) is 0 Å². The maximum absolute atomic E-state index is 11.6. The lowest BCUT2D eigenvalue weighted by molar-refractivity contribution is 0.396. The van der Waals surface area contributed by atoms with Gasteiger partial charge in [-0.05, 0) is 13.8 Å². The van der Waals surface area contributed by atoms with Crippen molar-refractivity contribution in [2.45, 2.75) is 19.1 Å². The van der Waals surface area contributed by atoms with Crippen LogP contribution in [0.5, 0.6) is 11.6 Å². The van der Waals surface area contributed by atoms with Gasteiger partial charge in [0.15, 0.2) is 0 Å². The van der Waals surface area contributed by atoms with Crippen molar-refractivity contribution in [3.05, 3.63) is 12.3 Å². The number of anilines is 1. The van der Waals surface area contributed by atoms with E-state index < -0.39 is 15.3 Å². The molecule has 6 nitrogen and oxygen atoms in total. The summed E-state index contributed by atoms with van der Waals surface area (Å²) in [7, 11) is -2.11. The number of rotatable bonds is 4. The lowest BCUT2D eigenvalue weighted by atomic mass is 10.4. The Morgan fingerprint density at radius 3 is 2.62 bits per heavy atom. The zero-order valence-corrected chi connectivity index (χ0v) is 10.1. The van der Waals surface area contributed by atoms with Crippen LogP contribution in [0.2, 0.25) is 0 Å². The summed E-state index contributed by atoms with van der Waals surface area (Å²) in [6.07, 6.45) is 1.17. The summed E-state index contributed by atoms with van der Waals surface area (Å²) in [5.74, 6) is -0.0238. The van der Waals surface area contributed by atoms with Gasteiger partial charge in [-0.2, -0.15) is 0 Å². The third kappa shape index (κ3) is 2.75. The van der Waals surface area contributed by atoms with Crippen LogP contribution in [0.3, 0.4) is 0 Å². The molecule has 0 aliphatic carbocycles. The highest BCUT2D eigenvalue weighted by Crippen LogP contribution is 2.26. The monoisotopic (exact) mass is 246 g/mol. The molecule has 7 heteroatoms. The van der Waals surface area contributed by atoms with E-state index in [4.69, 9.17) is 4.74 Å². The number of methoxy groups -OCH3 is 1. The molecule has 1 aromatic heterocycles. The molecule has 0 amide bonds. The molecule has 0 unspecified atom stereocenters. The molecule has 1 heterocycles. The average Bonchev–Trinajstić information content (AvgIpc) is 2.17. The summed E-state index contributed by atoms with van der Waals surface area (Å²) in [5.41, 5.74) is 0.121. The van der Waals surface area contributed by atoms with E-state index in [2.05, 4.69) is 9.71 Å². The molecule has 0 aliphatic rings. The highest BCUT2D eigenvalue weighted by atomic mass is 32.2. The van der Waals surface area contributed by atoms with E-state index in [1.54, 1.807) is 13.8 Å². The summed E-state index contributed by atoms with van der Waals surface area (Å²) < 4.78 is 30.4. The topological polar surface area (TPSA) is 88.5 Å². The number of pyridine rings is 1. The molecule has 0 saturated carbocycles. The van der Waals surface area contributed by atoms with E-state index >= 15 is 0 Å². The molecule has 0 aliphatic heterocycles. The molecule has 0 aromatic carbocycles. The van der Waals surface area contributed by atoms with Crippen LogP contribution in [0, 0.1) is 0 Å². The number of ether oxygens (including phenoxy) is 1. The number of hydrogen-bond donors (Lipinski definition) is 2. The minimum Gasteiger partial charge on any atom is -0.506 e. The summed E-state index contributed by atoms with van der Waals surface area (Å²) in [5, 5.41) is 8.63. The Kier molecular flexibility index (Phi) is 3.58. The standard InChI is InChI=1S/C9H14N2O4S/c1-6(2)16(13,14)11-8-4-7(12)5-10-9(8)15-3/h4-6,11-12H,1-3H3. The van der Waals surface area contributed by atoms with E-state index in [0.717, 1.165) is 0 Å². The molecule has 16 heavy (non-hydrogen) atoms. The van der Waals surface area contributed by atoms with Crippen molar-refractivity contribution >= 4 is 15.7 Å². The van der Waals surface area contributed by atoms with Crippen LogP contribution in [0.15, 0.2) is 12.3 Å². The molecule has 1 rings (SSSR count). The number of hydrogen-bond acceptors (Lipinski definition) is 5. The SMILES string of the molecule is COc1ncc(O)cc1NS(=O)(=O)C(C)C. The van der Waals surface area contributed by atoms with Crippen LogP contribution >= 0.6 is 0 Å². The predicted octanol–water partition coefficient (Wildman–Crippen LogP) is 0.946. The molecular formula is C9H14N2O4S. The number of nitrogens with zero attached hydrogens (tertiary/aromatic N) is 1. The van der Waals surface area contributed by atoms with Crippen molar-refractivity contribution in [2.24, 2.45) is 0 Å². The summed E-state index contributed by atoms with van der Waals surface area (Å²) >= 11 is 0. The third-order valence-electron chi connectivity index (χ3n) is 1.90. The lowest BCUT2D eigenvalue weighted by Crippen LogP contribution is -2.22. The Morgan fingerprint density at radius 2 is 2.12 bits per heavy atom. The second kappa shape index (κ2) is 4.56. The van der Waals surface area contributed by atoms with Crippen molar-refractivity contribution in [3.8, 4) is 11.6 Å². The Morgan fingerprint density at radius 1 is 1.50 bits per heavy atom. The van der Waals surface area contributed by atoms with Gasteiger partial charge in [-0.1, -0.05) is 0 Å². The van der Waals surface area contributed by atoms with Crippen molar-refractivity contribution in [3.63, 3.8) is 0 Å². The number of sulfonamides is 1. The Labute approximate surface area is 94.3 Å². The maximum Gasteiger partial charge on any atom is 0.238 e. The van der Waals surface area contributed by atoms with Gasteiger partial charge in [0.1, 0.15) is 11.4 Å². The quantitative estimate of drug-likeness (QED) is 0.825. The van der Waals surface area contributed by atoms with Crippen LogP contribution < -0.4 is 9.46 Å². The molecule has 1 aromatic rings. The normalized spacial score (nSPS) is 11.5. The van der Waals surface area contributed by atoms with E-state index in [9.17, 15) is 13.5 Å². The average molecular weight is 246 g/mol. The van der Waals surface area contributed by atoms with Crippen molar-refractivity contribution in [2.75, 3.05) is 11.8 Å². The first-order valence-electron chi connectivity index (χ1n) is 4.61. The lowest BCUT2D eigenvalue weighted by Gasteiger charge is -2.12. The molecule has 2 N–H and O–H groups in total. The molecule has 0 fully saturated rings. The number of aromatic hydroxyl groups is 1. The van der Waals surface area contributed by atoms with Crippen molar-refractivity contribution in [1.82, 2.24) is 4.98 Å². The Bertz CT molecular complexity index is 470. The van der Waals surface area contributed by atoms with Gasteiger partial charge < -0.3 is 9.84 Å². The molecule has 0 radical (unpaired) electrons. The Hall–Kier alpha value is -1.50. The highest BCUT2D eigenvalue weighted by Gasteiger charge is 2.18. The zero-order valence-electron chi connectivity index (χ0n) is 9.26. The van der Waals surface area contributed by atoms with Gasteiger partial charge in [0.25, 0.3) is 0 Å². The van der Waals surface area contributed by atoms with E-state index in [-0.39, 0.29) is 17.3 Å². The molecular weight excluding hydrogens is 232 g/mol. The summed E-state index contributed by atoms with van der Waals surface area (Å²) in [4.78, 5) is 3.74. The minimum atomic E-state index is -3.48. The van der Waals surface area contributed by atoms with Gasteiger partial charge in [-0.25, -0.2) is 13.4 Å². The van der Waals surface area contributed by atoms with Gasteiger partial charge in [0.2, 0.25) is 15.9 Å². The molecule has 0 spiro atoms. The van der Waals surface area contributed by atoms with Crippen LogP contribution in [0.4, 0.5) is 5.69 Å². The third-order valence-corrected chi connectivity index (χ3v) is 3.65. The molecule has 90 valence electrons. The second-order valence-electron chi connectivity index (χ2n) is 3.45. The smallest absolute Gasteiger partial charge is 0.238 e. The molecule has 0 bridgehead atoms. The predicted molar refractivity (Wildman–Crippen MR) is 60.1 cm³/mol. The highest BCUT2D eigenvalue weighted by molar-refractivity contribution is 7.93. The fourth-order valence-electron chi connectivity index (χ4n) is 0.948. The van der Waals surface area contributed by atoms with E-state index in [1.807, 2.05) is 0 Å². The first-order chi connectivity index (χ1) is 7.36. The fraction of sp³-hybridized carbons (Fsp3) is 0.444. The van der Waals surface area contributed by atoms with Crippen molar-refractivity contribution < 1.29 is 18.3 Å². The first kappa shape index (κ1) is 12.6. The van der Waals surface area contributed by atoms with E-state index in [1.165, 1.54) is 19.4 Å². The number of nitrogens with one attached hydrogen (secondary N) is 1. The minimum absolute atomic E-state index is 0.113. The first-order valence-corrected chi connectivity index (χ1v) is 6.16. The maximum atomic E-state index is 11.6. The van der Waals surface area contributed by atoms with E-state index in [0.29, 0.717) is 0 Å². The van der Waals surface area contributed by atoms with Crippen LogP contribution in [0.1, 0.15) is 13.8 Å².